The maximum absolute atomic E-state index is 13.0. The van der Waals surface area contributed by atoms with Gasteiger partial charge in [-0.15, -0.1) is 0 Å². The highest BCUT2D eigenvalue weighted by Crippen LogP contribution is 2.27. The summed E-state index contributed by atoms with van der Waals surface area (Å²) in [6, 6.07) is 7.81. The molecule has 0 radical (unpaired) electrons. The van der Waals surface area contributed by atoms with Gasteiger partial charge in [0.05, 0.1) is 6.54 Å². The minimum absolute atomic E-state index is 0.108. The Labute approximate surface area is 155 Å². The van der Waals surface area contributed by atoms with Gasteiger partial charge >= 0.3 is 0 Å². The summed E-state index contributed by atoms with van der Waals surface area (Å²) in [5.74, 6) is 0.863. The Bertz CT molecular complexity index is 674. The normalized spacial score (nSPS) is 18.0. The molecule has 3 rings (SSSR count). The van der Waals surface area contributed by atoms with Crippen LogP contribution in [-0.2, 0) is 11.3 Å². The van der Waals surface area contributed by atoms with Gasteiger partial charge in [0, 0.05) is 29.4 Å². The van der Waals surface area contributed by atoms with E-state index < -0.39 is 0 Å². The zero-order valence-corrected chi connectivity index (χ0v) is 15.8. The lowest BCUT2D eigenvalue weighted by Crippen LogP contribution is -2.34. The van der Waals surface area contributed by atoms with Crippen molar-refractivity contribution in [2.24, 2.45) is 10.9 Å². The molecule has 0 spiro atoms. The largest absolute Gasteiger partial charge is 0.334 e. The van der Waals surface area contributed by atoms with Crippen molar-refractivity contribution in [3.8, 4) is 0 Å². The maximum Gasteiger partial charge on any atom is 0.252 e. The molecule has 0 saturated heterocycles. The van der Waals surface area contributed by atoms with Gasteiger partial charge in [-0.1, -0.05) is 61.9 Å². The molecule has 0 aromatic heterocycles. The summed E-state index contributed by atoms with van der Waals surface area (Å²) in [6.45, 7) is 3.82. The standard InChI is InChI=1S/C21H27ClN2O/c1-16-13-19(14-23-16)21(25)24(12-11-17-7-3-2-4-8-17)15-18-9-5-6-10-20(18)22/h5-6,9-10,13,17H,2-4,7-8,11-12,14-15H2,1H3. The molecule has 25 heavy (non-hydrogen) atoms. The lowest BCUT2D eigenvalue weighted by molar-refractivity contribution is -0.128. The molecule has 1 saturated carbocycles. The molecule has 1 aromatic carbocycles. The van der Waals surface area contributed by atoms with Gasteiger partial charge in [0.25, 0.3) is 5.91 Å². The summed E-state index contributed by atoms with van der Waals surface area (Å²) in [5, 5.41) is 0.728. The predicted molar refractivity (Wildman–Crippen MR) is 104 cm³/mol. The van der Waals surface area contributed by atoms with Gasteiger partial charge < -0.3 is 4.90 Å². The molecule has 1 aromatic rings. The number of rotatable bonds is 6. The van der Waals surface area contributed by atoms with Crippen LogP contribution >= 0.6 is 11.6 Å². The fourth-order valence-corrected chi connectivity index (χ4v) is 3.98. The number of nitrogens with zero attached hydrogens (tertiary/aromatic N) is 2. The molecule has 134 valence electrons. The Morgan fingerprint density at radius 3 is 2.68 bits per heavy atom. The molecule has 0 atom stereocenters. The third-order valence-corrected chi connectivity index (χ3v) is 5.66. The van der Waals surface area contributed by atoms with Crippen molar-refractivity contribution in [3.05, 3.63) is 46.5 Å². The minimum Gasteiger partial charge on any atom is -0.334 e. The van der Waals surface area contributed by atoms with E-state index in [9.17, 15) is 4.79 Å². The van der Waals surface area contributed by atoms with Crippen LogP contribution in [-0.4, -0.2) is 29.6 Å². The summed E-state index contributed by atoms with van der Waals surface area (Å²) < 4.78 is 0. The van der Waals surface area contributed by atoms with Gasteiger partial charge in [-0.05, 0) is 37.0 Å². The van der Waals surface area contributed by atoms with E-state index in [1.54, 1.807) is 0 Å². The zero-order valence-electron chi connectivity index (χ0n) is 15.0. The number of benzene rings is 1. The zero-order chi connectivity index (χ0) is 17.6. The van der Waals surface area contributed by atoms with Gasteiger partial charge in [-0.2, -0.15) is 0 Å². The number of aliphatic imine (C=N–C) groups is 1. The first-order valence-electron chi connectivity index (χ1n) is 9.38. The molecule has 0 N–H and O–H groups in total. The Morgan fingerprint density at radius 2 is 2.00 bits per heavy atom. The van der Waals surface area contributed by atoms with Crippen LogP contribution in [0.5, 0.6) is 0 Å². The molecule has 0 bridgehead atoms. The molecular weight excluding hydrogens is 332 g/mol. The van der Waals surface area contributed by atoms with E-state index in [0.29, 0.717) is 13.1 Å². The van der Waals surface area contributed by atoms with Gasteiger partial charge in [0.2, 0.25) is 0 Å². The highest BCUT2D eigenvalue weighted by molar-refractivity contribution is 6.31. The average molecular weight is 359 g/mol. The van der Waals surface area contributed by atoms with Crippen LogP contribution in [0, 0.1) is 5.92 Å². The average Bonchev–Trinajstić information content (AvgIpc) is 3.07. The van der Waals surface area contributed by atoms with E-state index in [1.165, 1.54) is 32.1 Å². The van der Waals surface area contributed by atoms with Crippen molar-refractivity contribution in [1.29, 1.82) is 0 Å². The van der Waals surface area contributed by atoms with Crippen LogP contribution < -0.4 is 0 Å². The number of hydrogen-bond acceptors (Lipinski definition) is 2. The molecule has 3 nitrogen and oxygen atoms in total. The predicted octanol–water partition coefficient (Wildman–Crippen LogP) is 5.04. The van der Waals surface area contributed by atoms with Gasteiger partial charge in [0.1, 0.15) is 0 Å². The van der Waals surface area contributed by atoms with Crippen LogP contribution in [0.1, 0.15) is 51.0 Å². The van der Waals surface area contributed by atoms with Gasteiger partial charge in [-0.3, -0.25) is 9.79 Å². The quantitative estimate of drug-likeness (QED) is 0.701. The van der Waals surface area contributed by atoms with Crippen molar-refractivity contribution in [2.75, 3.05) is 13.1 Å². The molecule has 1 heterocycles. The summed E-state index contributed by atoms with van der Waals surface area (Å²) in [5.41, 5.74) is 2.75. The second-order valence-electron chi connectivity index (χ2n) is 7.24. The van der Waals surface area contributed by atoms with E-state index in [-0.39, 0.29) is 5.91 Å². The first-order valence-corrected chi connectivity index (χ1v) is 9.75. The summed E-state index contributed by atoms with van der Waals surface area (Å²) in [4.78, 5) is 19.3. The fraction of sp³-hybridized carbons (Fsp3) is 0.524. The highest BCUT2D eigenvalue weighted by Gasteiger charge is 2.23. The first kappa shape index (κ1) is 18.2. The monoisotopic (exact) mass is 358 g/mol. The Balaban J connectivity index is 1.69. The molecule has 1 amide bonds. The number of allylic oxidation sites excluding steroid dienone is 1. The van der Waals surface area contributed by atoms with E-state index in [4.69, 9.17) is 11.6 Å². The SMILES string of the molecule is CC1=NCC(C(=O)N(CCC2CCCCC2)Cc2ccccc2Cl)=C1. The highest BCUT2D eigenvalue weighted by atomic mass is 35.5. The van der Waals surface area contributed by atoms with Gasteiger partial charge in [0.15, 0.2) is 0 Å². The van der Waals surface area contributed by atoms with Crippen LogP contribution in [0.3, 0.4) is 0 Å². The summed E-state index contributed by atoms with van der Waals surface area (Å²) in [7, 11) is 0. The van der Waals surface area contributed by atoms with Crippen molar-refractivity contribution in [2.45, 2.75) is 52.0 Å². The number of carbonyl (C=O) groups is 1. The molecule has 4 heteroatoms. The first-order chi connectivity index (χ1) is 12.1. The topological polar surface area (TPSA) is 32.7 Å². The number of amides is 1. The van der Waals surface area contributed by atoms with E-state index >= 15 is 0 Å². The van der Waals surface area contributed by atoms with Crippen molar-refractivity contribution >= 4 is 23.2 Å². The van der Waals surface area contributed by atoms with Crippen molar-refractivity contribution in [3.63, 3.8) is 0 Å². The Kier molecular flexibility index (Phi) is 6.30. The molecule has 1 aliphatic heterocycles. The van der Waals surface area contributed by atoms with Crippen molar-refractivity contribution < 1.29 is 4.79 Å². The number of carbonyl (C=O) groups excluding carboxylic acids is 1. The smallest absolute Gasteiger partial charge is 0.252 e. The third-order valence-electron chi connectivity index (χ3n) is 5.29. The number of halogens is 1. The minimum atomic E-state index is 0.108. The van der Waals surface area contributed by atoms with Crippen LogP contribution in [0.4, 0.5) is 0 Å². The summed E-state index contributed by atoms with van der Waals surface area (Å²) in [6.07, 6.45) is 9.65. The lowest BCUT2D eigenvalue weighted by Gasteiger charge is -2.28. The number of hydrogen-bond donors (Lipinski definition) is 0. The van der Waals surface area contributed by atoms with Crippen LogP contribution in [0.25, 0.3) is 0 Å². The molecular formula is C21H27ClN2O. The van der Waals surface area contributed by atoms with Crippen LogP contribution in [0.15, 0.2) is 40.9 Å². The van der Waals surface area contributed by atoms with Gasteiger partial charge in [-0.25, -0.2) is 0 Å². The summed E-state index contributed by atoms with van der Waals surface area (Å²) >= 11 is 6.33. The van der Waals surface area contributed by atoms with E-state index in [0.717, 1.165) is 40.8 Å². The molecule has 1 aliphatic carbocycles. The molecule has 1 fully saturated rings. The lowest BCUT2D eigenvalue weighted by atomic mass is 9.87. The maximum atomic E-state index is 13.0. The van der Waals surface area contributed by atoms with E-state index in [2.05, 4.69) is 4.99 Å². The third kappa shape index (κ3) is 4.94. The Morgan fingerprint density at radius 1 is 1.24 bits per heavy atom. The fourth-order valence-electron chi connectivity index (χ4n) is 3.78. The molecule has 2 aliphatic rings. The molecule has 0 unspecified atom stereocenters. The second-order valence-corrected chi connectivity index (χ2v) is 7.65. The van der Waals surface area contributed by atoms with E-state index in [1.807, 2.05) is 42.2 Å². The van der Waals surface area contributed by atoms with Crippen LogP contribution in [0.2, 0.25) is 5.02 Å². The second kappa shape index (κ2) is 8.66. The Hall–Kier alpha value is -1.61. The van der Waals surface area contributed by atoms with Crippen molar-refractivity contribution in [1.82, 2.24) is 4.90 Å².